The third-order valence-electron chi connectivity index (χ3n) is 1.67. The average Bonchev–Trinajstić information content (AvgIpc) is 2.34. The van der Waals surface area contributed by atoms with E-state index in [4.69, 9.17) is 11.6 Å². The van der Waals surface area contributed by atoms with Crippen LogP contribution >= 0.6 is 22.9 Å². The quantitative estimate of drug-likeness (QED) is 0.581. The van der Waals surface area contributed by atoms with Crippen molar-refractivity contribution in [1.29, 1.82) is 0 Å². The lowest BCUT2D eigenvalue weighted by Gasteiger charge is -1.95. The van der Waals surface area contributed by atoms with Crippen LogP contribution in [-0.2, 0) is 0 Å². The lowest BCUT2D eigenvalue weighted by Crippen LogP contribution is -1.71. The largest absolute Gasteiger partial charge is 0.144 e. The summed E-state index contributed by atoms with van der Waals surface area (Å²) in [6.07, 6.45) is 0. The van der Waals surface area contributed by atoms with Gasteiger partial charge in [0.1, 0.15) is 0 Å². The van der Waals surface area contributed by atoms with E-state index < -0.39 is 0 Å². The number of hydrogen-bond donors (Lipinski definition) is 0. The van der Waals surface area contributed by atoms with Crippen LogP contribution in [0.25, 0.3) is 10.1 Å². The fourth-order valence-electron chi connectivity index (χ4n) is 1.16. The smallest absolute Gasteiger partial charge is 0.0495 e. The van der Waals surface area contributed by atoms with Crippen LogP contribution in [0.3, 0.4) is 0 Å². The van der Waals surface area contributed by atoms with E-state index in [1.54, 1.807) is 11.3 Å². The Morgan fingerprint density at radius 2 is 2.18 bits per heavy atom. The van der Waals surface area contributed by atoms with Gasteiger partial charge in [-0.3, -0.25) is 0 Å². The first-order valence-corrected chi connectivity index (χ1v) is 4.66. The van der Waals surface area contributed by atoms with Gasteiger partial charge in [0, 0.05) is 15.1 Å². The summed E-state index contributed by atoms with van der Waals surface area (Å²) in [7, 11) is 0. The monoisotopic (exact) mass is 182 g/mol. The van der Waals surface area contributed by atoms with Crippen LogP contribution in [0.2, 0.25) is 5.02 Å². The lowest BCUT2D eigenvalue weighted by atomic mass is 10.2. The topological polar surface area (TPSA) is 0 Å². The predicted molar refractivity (Wildman–Crippen MR) is 51.6 cm³/mol. The molecule has 2 aromatic rings. The van der Waals surface area contributed by atoms with E-state index in [0.717, 1.165) is 5.02 Å². The van der Waals surface area contributed by atoms with Crippen LogP contribution in [0.4, 0.5) is 0 Å². The van der Waals surface area contributed by atoms with Gasteiger partial charge in [0.15, 0.2) is 0 Å². The molecule has 0 unspecified atom stereocenters. The molecule has 2 rings (SSSR count). The van der Waals surface area contributed by atoms with Crippen molar-refractivity contribution in [3.05, 3.63) is 34.2 Å². The molecule has 0 N–H and O–H groups in total. The van der Waals surface area contributed by atoms with E-state index in [-0.39, 0.29) is 0 Å². The lowest BCUT2D eigenvalue weighted by molar-refractivity contribution is 1.52. The maximum Gasteiger partial charge on any atom is 0.0495 e. The molecule has 56 valence electrons. The molecule has 1 aromatic heterocycles. The van der Waals surface area contributed by atoms with E-state index in [2.05, 4.69) is 24.4 Å². The van der Waals surface area contributed by atoms with Crippen molar-refractivity contribution in [2.45, 2.75) is 6.92 Å². The average molecular weight is 183 g/mol. The highest BCUT2D eigenvalue weighted by molar-refractivity contribution is 7.17. The molecule has 0 nitrogen and oxygen atoms in total. The molecular weight excluding hydrogens is 176 g/mol. The molecule has 11 heavy (non-hydrogen) atoms. The van der Waals surface area contributed by atoms with Crippen molar-refractivity contribution < 1.29 is 0 Å². The second kappa shape index (κ2) is 2.50. The molecule has 0 spiro atoms. The summed E-state index contributed by atoms with van der Waals surface area (Å²) < 4.78 is 1.27. The molecule has 0 aliphatic carbocycles. The van der Waals surface area contributed by atoms with Crippen molar-refractivity contribution in [3.63, 3.8) is 0 Å². The Morgan fingerprint density at radius 3 is 3.00 bits per heavy atom. The Bertz CT molecular complexity index is 389. The van der Waals surface area contributed by atoms with E-state index >= 15 is 0 Å². The Kier molecular flexibility index (Phi) is 1.63. The summed E-state index contributed by atoms with van der Waals surface area (Å²) in [6, 6.07) is 6.21. The Morgan fingerprint density at radius 1 is 1.36 bits per heavy atom. The van der Waals surface area contributed by atoms with Gasteiger partial charge in [-0.1, -0.05) is 11.6 Å². The van der Waals surface area contributed by atoms with Crippen LogP contribution in [-0.4, -0.2) is 0 Å². The molecule has 1 heterocycles. The number of halogens is 1. The van der Waals surface area contributed by atoms with Crippen molar-refractivity contribution in [2.24, 2.45) is 0 Å². The van der Waals surface area contributed by atoms with Crippen LogP contribution < -0.4 is 0 Å². The number of rotatable bonds is 0. The minimum absolute atomic E-state index is 0.862. The number of hydrogen-bond acceptors (Lipinski definition) is 1. The predicted octanol–water partition coefficient (Wildman–Crippen LogP) is 3.86. The van der Waals surface area contributed by atoms with Gasteiger partial charge in [0.05, 0.1) is 0 Å². The van der Waals surface area contributed by atoms with E-state index in [0.29, 0.717) is 0 Å². The third-order valence-corrected chi connectivity index (χ3v) is 2.84. The first kappa shape index (κ1) is 7.14. The van der Waals surface area contributed by atoms with Crippen molar-refractivity contribution in [3.8, 4) is 0 Å². The van der Waals surface area contributed by atoms with E-state index in [1.807, 2.05) is 6.07 Å². The molecule has 0 saturated carbocycles. The van der Waals surface area contributed by atoms with Crippen LogP contribution in [0.1, 0.15) is 5.56 Å². The molecule has 1 aromatic carbocycles. The first-order valence-electron chi connectivity index (χ1n) is 3.41. The van der Waals surface area contributed by atoms with Crippen LogP contribution in [0.5, 0.6) is 0 Å². The SMILES string of the molecule is Cc1cc(Cl)c2ccsc2c1. The van der Waals surface area contributed by atoms with Gasteiger partial charge in [-0.2, -0.15) is 0 Å². The maximum absolute atomic E-state index is 6.01. The van der Waals surface area contributed by atoms with E-state index in [1.165, 1.54) is 15.6 Å². The summed E-state index contributed by atoms with van der Waals surface area (Å²) in [5, 5.41) is 4.10. The zero-order chi connectivity index (χ0) is 7.84. The molecule has 0 aliphatic rings. The number of fused-ring (bicyclic) bond motifs is 1. The molecule has 0 radical (unpaired) electrons. The number of aryl methyl sites for hydroxylation is 1. The van der Waals surface area contributed by atoms with Crippen molar-refractivity contribution >= 4 is 33.0 Å². The summed E-state index contributed by atoms with van der Waals surface area (Å²) in [5.41, 5.74) is 1.23. The van der Waals surface area contributed by atoms with Gasteiger partial charge >= 0.3 is 0 Å². The maximum atomic E-state index is 6.01. The third kappa shape index (κ3) is 1.15. The minimum Gasteiger partial charge on any atom is -0.144 e. The Hall–Kier alpha value is -0.530. The van der Waals surface area contributed by atoms with Gasteiger partial charge in [0.25, 0.3) is 0 Å². The van der Waals surface area contributed by atoms with Crippen LogP contribution in [0.15, 0.2) is 23.6 Å². The van der Waals surface area contributed by atoms with Gasteiger partial charge in [-0.05, 0) is 36.1 Å². The van der Waals surface area contributed by atoms with Gasteiger partial charge in [-0.25, -0.2) is 0 Å². The van der Waals surface area contributed by atoms with Gasteiger partial charge < -0.3 is 0 Å². The normalized spacial score (nSPS) is 10.7. The highest BCUT2D eigenvalue weighted by Crippen LogP contribution is 2.28. The highest BCUT2D eigenvalue weighted by Gasteiger charge is 1.99. The van der Waals surface area contributed by atoms with E-state index in [9.17, 15) is 0 Å². The molecule has 0 atom stereocenters. The second-order valence-corrected chi connectivity index (χ2v) is 3.93. The molecule has 0 fully saturated rings. The summed E-state index contributed by atoms with van der Waals surface area (Å²) in [6.45, 7) is 2.06. The fraction of sp³-hybridized carbons (Fsp3) is 0.111. The number of thiophene rings is 1. The summed E-state index contributed by atoms with van der Waals surface area (Å²) >= 11 is 7.74. The molecule has 0 amide bonds. The van der Waals surface area contributed by atoms with Crippen molar-refractivity contribution in [1.82, 2.24) is 0 Å². The molecular formula is C9H7ClS. The second-order valence-electron chi connectivity index (χ2n) is 2.58. The fourth-order valence-corrected chi connectivity index (χ4v) is 2.46. The number of benzene rings is 1. The summed E-state index contributed by atoms with van der Waals surface area (Å²) in [5.74, 6) is 0. The standard InChI is InChI=1S/C9H7ClS/c1-6-4-8(10)7-2-3-11-9(7)5-6/h2-5H,1H3. The molecule has 0 aliphatic heterocycles. The highest BCUT2D eigenvalue weighted by atomic mass is 35.5. The molecule has 2 heteroatoms. The first-order chi connectivity index (χ1) is 5.27. The Balaban J connectivity index is 2.91. The summed E-state index contributed by atoms with van der Waals surface area (Å²) in [4.78, 5) is 0. The van der Waals surface area contributed by atoms with Gasteiger partial charge in [0.2, 0.25) is 0 Å². The van der Waals surface area contributed by atoms with Crippen molar-refractivity contribution in [2.75, 3.05) is 0 Å². The molecule has 0 saturated heterocycles. The van der Waals surface area contributed by atoms with Crippen LogP contribution in [0, 0.1) is 6.92 Å². The van der Waals surface area contributed by atoms with Gasteiger partial charge in [-0.15, -0.1) is 11.3 Å². The minimum atomic E-state index is 0.862. The Labute approximate surface area is 74.4 Å². The molecule has 0 bridgehead atoms. The zero-order valence-corrected chi connectivity index (χ0v) is 7.67. The zero-order valence-electron chi connectivity index (χ0n) is 6.10.